The van der Waals surface area contributed by atoms with Gasteiger partial charge in [-0.25, -0.2) is 9.78 Å². The molecule has 0 spiro atoms. The van der Waals surface area contributed by atoms with Gasteiger partial charge < -0.3 is 20.5 Å². The Morgan fingerprint density at radius 1 is 1.24 bits per heavy atom. The number of carbonyl (C=O) groups excluding carboxylic acids is 1. The minimum Gasteiger partial charge on any atom is -0.481 e. The van der Waals surface area contributed by atoms with Gasteiger partial charge in [-0.2, -0.15) is 0 Å². The Bertz CT molecular complexity index is 755. The third kappa shape index (κ3) is 5.54. The zero-order valence-corrected chi connectivity index (χ0v) is 13.4. The second-order valence-corrected chi connectivity index (χ2v) is 5.62. The summed E-state index contributed by atoms with van der Waals surface area (Å²) >= 11 is 0. The van der Waals surface area contributed by atoms with Crippen LogP contribution in [-0.4, -0.2) is 44.7 Å². The molecule has 0 saturated carbocycles. The molecule has 1 aromatic heterocycles. The minimum absolute atomic E-state index is 0.0727. The van der Waals surface area contributed by atoms with E-state index in [0.29, 0.717) is 6.42 Å². The van der Waals surface area contributed by atoms with E-state index in [1.165, 1.54) is 6.20 Å². The van der Waals surface area contributed by atoms with E-state index in [1.807, 2.05) is 30.3 Å². The van der Waals surface area contributed by atoms with Crippen molar-refractivity contribution in [3.8, 4) is 0 Å². The zero-order chi connectivity index (χ0) is 18.2. The molecule has 8 heteroatoms. The van der Waals surface area contributed by atoms with E-state index in [4.69, 9.17) is 5.11 Å². The van der Waals surface area contributed by atoms with Gasteiger partial charge >= 0.3 is 11.7 Å². The monoisotopic (exact) mass is 345 g/mol. The molecule has 0 saturated heterocycles. The molecule has 4 N–H and O–H groups in total. The minimum atomic E-state index is -1.12. The molecule has 25 heavy (non-hydrogen) atoms. The Labute approximate surface area is 143 Å². The summed E-state index contributed by atoms with van der Waals surface area (Å²) in [6.07, 6.45) is 2.87. The lowest BCUT2D eigenvalue weighted by molar-refractivity contribution is -0.143. The summed E-state index contributed by atoms with van der Waals surface area (Å²) < 4.78 is 0. The first-order valence-electron chi connectivity index (χ1n) is 7.72. The van der Waals surface area contributed by atoms with E-state index in [9.17, 15) is 19.5 Å². The molecule has 1 heterocycles. The molecule has 2 atom stereocenters. The first-order chi connectivity index (χ1) is 12.0. The van der Waals surface area contributed by atoms with Crippen molar-refractivity contribution in [2.45, 2.75) is 18.9 Å². The Kier molecular flexibility index (Phi) is 6.41. The van der Waals surface area contributed by atoms with Crippen LogP contribution < -0.4 is 11.0 Å². The van der Waals surface area contributed by atoms with Crippen molar-refractivity contribution in [3.63, 3.8) is 0 Å². The van der Waals surface area contributed by atoms with E-state index < -0.39 is 36.1 Å². The number of rotatable bonds is 8. The lowest BCUT2D eigenvalue weighted by atomic mass is 9.95. The van der Waals surface area contributed by atoms with E-state index >= 15 is 0 Å². The molecule has 2 unspecified atom stereocenters. The van der Waals surface area contributed by atoms with Crippen molar-refractivity contribution in [3.05, 3.63) is 64.3 Å². The van der Waals surface area contributed by atoms with Crippen LogP contribution in [0, 0.1) is 5.92 Å². The number of hydrogen-bond acceptors (Lipinski definition) is 5. The Hall–Kier alpha value is -3.00. The number of aromatic nitrogens is 2. The van der Waals surface area contributed by atoms with Gasteiger partial charge in [0.15, 0.2) is 0 Å². The fraction of sp³-hybridized carbons (Fsp3) is 0.294. The molecule has 0 aliphatic rings. The van der Waals surface area contributed by atoms with Crippen LogP contribution in [0.3, 0.4) is 0 Å². The number of carboxylic acid groups (broad SMARTS) is 1. The molecule has 2 rings (SSSR count). The quantitative estimate of drug-likeness (QED) is 0.540. The molecule has 0 aliphatic heterocycles. The fourth-order valence-corrected chi connectivity index (χ4v) is 2.42. The number of amides is 1. The summed E-state index contributed by atoms with van der Waals surface area (Å²) in [6.45, 7) is -0.517. The lowest BCUT2D eigenvalue weighted by Gasteiger charge is -2.21. The highest BCUT2D eigenvalue weighted by atomic mass is 16.4. The van der Waals surface area contributed by atoms with Gasteiger partial charge in [0.1, 0.15) is 0 Å². The number of nitrogens with zero attached hydrogens (tertiary/aromatic N) is 1. The molecule has 0 radical (unpaired) electrons. The average molecular weight is 345 g/mol. The maximum atomic E-state index is 12.3. The van der Waals surface area contributed by atoms with Gasteiger partial charge in [0.05, 0.1) is 18.1 Å². The first-order valence-corrected chi connectivity index (χ1v) is 7.72. The smallest absolute Gasteiger partial charge is 0.344 e. The lowest BCUT2D eigenvalue weighted by Crippen LogP contribution is -2.40. The molecule has 1 amide bonds. The molecular formula is C17H19N3O5. The normalized spacial score (nSPS) is 13.0. The number of aliphatic carboxylic acids is 1. The summed E-state index contributed by atoms with van der Waals surface area (Å²) in [5.41, 5.74) is 0.520. The summed E-state index contributed by atoms with van der Waals surface area (Å²) in [5, 5.41) is 21.1. The van der Waals surface area contributed by atoms with Crippen LogP contribution in [0.2, 0.25) is 0 Å². The number of carboxylic acids is 1. The molecule has 132 valence electrons. The van der Waals surface area contributed by atoms with Crippen LogP contribution in [0.5, 0.6) is 0 Å². The number of aliphatic hydroxyl groups excluding tert-OH is 1. The average Bonchev–Trinajstić information content (AvgIpc) is 2.60. The Balaban J connectivity index is 2.14. The number of aliphatic hydroxyl groups is 1. The van der Waals surface area contributed by atoms with Crippen LogP contribution >= 0.6 is 0 Å². The van der Waals surface area contributed by atoms with Crippen molar-refractivity contribution in [2.24, 2.45) is 5.92 Å². The van der Waals surface area contributed by atoms with Crippen LogP contribution in [0.4, 0.5) is 0 Å². The van der Waals surface area contributed by atoms with Crippen LogP contribution in [0.1, 0.15) is 22.3 Å². The van der Waals surface area contributed by atoms with Gasteiger partial charge in [-0.15, -0.1) is 0 Å². The molecule has 0 aliphatic carbocycles. The van der Waals surface area contributed by atoms with Crippen LogP contribution in [-0.2, 0) is 11.2 Å². The van der Waals surface area contributed by atoms with Gasteiger partial charge in [0.25, 0.3) is 5.91 Å². The van der Waals surface area contributed by atoms with Crippen molar-refractivity contribution in [1.82, 2.24) is 15.3 Å². The highest BCUT2D eigenvalue weighted by molar-refractivity contribution is 5.93. The highest BCUT2D eigenvalue weighted by Gasteiger charge is 2.24. The summed E-state index contributed by atoms with van der Waals surface area (Å²) in [7, 11) is 0. The number of H-pyrrole nitrogens is 1. The van der Waals surface area contributed by atoms with Gasteiger partial charge in [-0.1, -0.05) is 30.3 Å². The maximum absolute atomic E-state index is 12.3. The SMILES string of the molecule is O=C(NC(Cc1ccccc1)CC(CO)C(=O)O)c1cnc(=O)[nH]c1. The van der Waals surface area contributed by atoms with E-state index in [2.05, 4.69) is 15.3 Å². The molecule has 8 nitrogen and oxygen atoms in total. The fourth-order valence-electron chi connectivity index (χ4n) is 2.42. The van der Waals surface area contributed by atoms with Gasteiger partial charge in [0.2, 0.25) is 0 Å². The summed E-state index contributed by atoms with van der Waals surface area (Å²) in [6, 6.07) is 8.79. The van der Waals surface area contributed by atoms with Crippen LogP contribution in [0.15, 0.2) is 47.5 Å². The maximum Gasteiger partial charge on any atom is 0.344 e. The van der Waals surface area contributed by atoms with Gasteiger partial charge in [-0.05, 0) is 18.4 Å². The van der Waals surface area contributed by atoms with Crippen molar-refractivity contribution in [2.75, 3.05) is 6.61 Å². The van der Waals surface area contributed by atoms with Gasteiger partial charge in [-0.3, -0.25) is 9.59 Å². The zero-order valence-electron chi connectivity index (χ0n) is 13.4. The molecule has 0 fully saturated rings. The summed E-state index contributed by atoms with van der Waals surface area (Å²) in [4.78, 5) is 40.3. The molecule has 1 aromatic carbocycles. The third-order valence-corrected chi connectivity index (χ3v) is 3.73. The molecule has 0 bridgehead atoms. The molecular weight excluding hydrogens is 326 g/mol. The number of carbonyl (C=O) groups is 2. The second kappa shape index (κ2) is 8.74. The van der Waals surface area contributed by atoms with Gasteiger partial charge in [0, 0.05) is 18.4 Å². The van der Waals surface area contributed by atoms with E-state index in [0.717, 1.165) is 11.8 Å². The first kappa shape index (κ1) is 18.3. The van der Waals surface area contributed by atoms with Crippen LogP contribution in [0.25, 0.3) is 0 Å². The summed E-state index contributed by atoms with van der Waals surface area (Å²) in [5.74, 6) is -2.59. The predicted octanol–water partition coefficient (Wildman–Crippen LogP) is 0.194. The Morgan fingerprint density at radius 3 is 2.52 bits per heavy atom. The standard InChI is InChI=1S/C17H19N3O5/c21-10-12(16(23)24)7-14(6-11-4-2-1-3-5-11)20-15(22)13-8-18-17(25)19-9-13/h1-5,8-9,12,14,21H,6-7,10H2,(H,20,22)(H,23,24)(H,18,19,25). The topological polar surface area (TPSA) is 132 Å². The largest absolute Gasteiger partial charge is 0.481 e. The number of hydrogen-bond donors (Lipinski definition) is 4. The van der Waals surface area contributed by atoms with Crippen molar-refractivity contribution in [1.29, 1.82) is 0 Å². The molecule has 2 aromatic rings. The second-order valence-electron chi connectivity index (χ2n) is 5.62. The number of aromatic amines is 1. The predicted molar refractivity (Wildman–Crippen MR) is 89.1 cm³/mol. The highest BCUT2D eigenvalue weighted by Crippen LogP contribution is 2.13. The third-order valence-electron chi connectivity index (χ3n) is 3.73. The van der Waals surface area contributed by atoms with Crippen molar-refractivity contribution >= 4 is 11.9 Å². The number of benzene rings is 1. The number of nitrogens with one attached hydrogen (secondary N) is 2. The van der Waals surface area contributed by atoms with E-state index in [1.54, 1.807) is 0 Å². The van der Waals surface area contributed by atoms with Crippen molar-refractivity contribution < 1.29 is 19.8 Å². The van der Waals surface area contributed by atoms with E-state index in [-0.39, 0.29) is 12.0 Å². The Morgan fingerprint density at radius 2 is 1.96 bits per heavy atom.